The highest BCUT2D eigenvalue weighted by molar-refractivity contribution is 5.15. The quantitative estimate of drug-likeness (QED) is 0.665. The predicted octanol–water partition coefficient (Wildman–Crippen LogP) is 3.45. The zero-order valence-electron chi connectivity index (χ0n) is 9.59. The van der Waals surface area contributed by atoms with E-state index in [1.165, 1.54) is 0 Å². The normalized spacial score (nSPS) is 7.23. The number of hydrogen-bond donors (Lipinski definition) is 0. The Morgan fingerprint density at radius 2 is 1.62 bits per heavy atom. The summed E-state index contributed by atoms with van der Waals surface area (Å²) in [4.78, 5) is 3.97. The number of rotatable bonds is 1. The number of hydrogen-bond acceptors (Lipinski definition) is 2. The third-order valence-electron chi connectivity index (χ3n) is 1.09. The van der Waals surface area contributed by atoms with Crippen molar-refractivity contribution in [2.75, 3.05) is 7.11 Å². The largest absolute Gasteiger partial charge is 0.481 e. The minimum absolute atomic E-state index is 0.667. The van der Waals surface area contributed by atoms with E-state index in [4.69, 9.17) is 4.74 Å². The Morgan fingerprint density at radius 1 is 1.08 bits per heavy atom. The Balaban J connectivity index is 0. The number of pyridine rings is 1. The van der Waals surface area contributed by atoms with Crippen LogP contribution >= 0.6 is 0 Å². The summed E-state index contributed by atoms with van der Waals surface area (Å²) >= 11 is 0. The molecule has 0 unspecified atom stereocenters. The fraction of sp³-hybridized carbons (Fsp3) is 0.545. The zero-order chi connectivity index (χ0) is 10.7. The third-order valence-corrected chi connectivity index (χ3v) is 1.09. The summed E-state index contributed by atoms with van der Waals surface area (Å²) in [5.74, 6) is 0.667. The molecule has 1 aromatic heterocycles. The first-order valence-electron chi connectivity index (χ1n) is 4.79. The van der Waals surface area contributed by atoms with Gasteiger partial charge < -0.3 is 4.74 Å². The summed E-state index contributed by atoms with van der Waals surface area (Å²) in [6, 6.07) is 3.81. The molecular weight excluding hydrogens is 162 g/mol. The summed E-state index contributed by atoms with van der Waals surface area (Å²) in [6.45, 7) is 9.99. The monoisotopic (exact) mass is 183 g/mol. The Hall–Kier alpha value is -1.05. The van der Waals surface area contributed by atoms with Gasteiger partial charge in [0, 0.05) is 12.3 Å². The Morgan fingerprint density at radius 3 is 1.92 bits per heavy atom. The van der Waals surface area contributed by atoms with Crippen molar-refractivity contribution in [2.24, 2.45) is 0 Å². The summed E-state index contributed by atoms with van der Waals surface area (Å²) < 4.78 is 4.86. The highest BCUT2D eigenvalue weighted by Crippen LogP contribution is 2.04. The van der Waals surface area contributed by atoms with Gasteiger partial charge in [0.25, 0.3) is 0 Å². The molecule has 2 heteroatoms. The molecule has 0 saturated carbocycles. The second-order valence-corrected chi connectivity index (χ2v) is 1.88. The van der Waals surface area contributed by atoms with Crippen molar-refractivity contribution in [1.82, 2.24) is 4.98 Å². The van der Waals surface area contributed by atoms with Crippen molar-refractivity contribution in [3.8, 4) is 5.88 Å². The van der Waals surface area contributed by atoms with Crippen molar-refractivity contribution in [3.63, 3.8) is 0 Å². The van der Waals surface area contributed by atoms with Gasteiger partial charge >= 0.3 is 0 Å². The van der Waals surface area contributed by atoms with Crippen LogP contribution in [0, 0.1) is 6.92 Å². The lowest BCUT2D eigenvalue weighted by molar-refractivity contribution is 0.397. The smallest absolute Gasteiger partial charge is 0.212 e. The first kappa shape index (κ1) is 14.5. The van der Waals surface area contributed by atoms with Crippen LogP contribution in [0.1, 0.15) is 33.3 Å². The SMILES string of the molecule is CC.CC.COc1ccc(C)cn1. The van der Waals surface area contributed by atoms with Crippen molar-refractivity contribution >= 4 is 0 Å². The molecule has 0 fully saturated rings. The zero-order valence-corrected chi connectivity index (χ0v) is 9.59. The van der Waals surface area contributed by atoms with E-state index in [-0.39, 0.29) is 0 Å². The molecule has 76 valence electrons. The first-order chi connectivity index (χ1) is 6.33. The minimum atomic E-state index is 0.667. The molecule has 0 aliphatic rings. The molecule has 0 spiro atoms. The molecule has 0 atom stereocenters. The number of methoxy groups -OCH3 is 1. The highest BCUT2D eigenvalue weighted by atomic mass is 16.5. The molecule has 1 rings (SSSR count). The average molecular weight is 183 g/mol. The molecule has 0 saturated heterocycles. The van der Waals surface area contributed by atoms with E-state index in [9.17, 15) is 0 Å². The number of aromatic nitrogens is 1. The van der Waals surface area contributed by atoms with Crippen molar-refractivity contribution in [2.45, 2.75) is 34.6 Å². The highest BCUT2D eigenvalue weighted by Gasteiger charge is 1.87. The standard InChI is InChI=1S/C7H9NO.2C2H6/c1-6-3-4-7(9-2)8-5-6;2*1-2/h3-5H,1-2H3;2*1-2H3. The van der Waals surface area contributed by atoms with Gasteiger partial charge in [-0.05, 0) is 12.5 Å². The molecule has 0 N–H and O–H groups in total. The van der Waals surface area contributed by atoms with Gasteiger partial charge in [0.2, 0.25) is 5.88 Å². The third kappa shape index (κ3) is 7.32. The fourth-order valence-corrected chi connectivity index (χ4v) is 0.575. The molecule has 13 heavy (non-hydrogen) atoms. The van der Waals surface area contributed by atoms with Gasteiger partial charge in [-0.25, -0.2) is 4.98 Å². The Labute approximate surface area is 82.0 Å². The summed E-state index contributed by atoms with van der Waals surface area (Å²) in [7, 11) is 1.61. The molecule has 0 amide bonds. The summed E-state index contributed by atoms with van der Waals surface area (Å²) in [5, 5.41) is 0. The maximum absolute atomic E-state index is 4.86. The van der Waals surface area contributed by atoms with Crippen LogP contribution in [0.25, 0.3) is 0 Å². The van der Waals surface area contributed by atoms with Gasteiger partial charge in [0.15, 0.2) is 0 Å². The van der Waals surface area contributed by atoms with Crippen LogP contribution in [0.15, 0.2) is 18.3 Å². The number of ether oxygens (including phenoxy) is 1. The molecule has 0 aromatic carbocycles. The Kier molecular flexibility index (Phi) is 12.2. The van der Waals surface area contributed by atoms with E-state index >= 15 is 0 Å². The molecule has 2 nitrogen and oxygen atoms in total. The van der Waals surface area contributed by atoms with Gasteiger partial charge in [0.1, 0.15) is 0 Å². The van der Waals surface area contributed by atoms with Gasteiger partial charge in [0.05, 0.1) is 7.11 Å². The summed E-state index contributed by atoms with van der Waals surface area (Å²) in [5.41, 5.74) is 1.15. The van der Waals surface area contributed by atoms with Crippen molar-refractivity contribution in [1.29, 1.82) is 0 Å². The van der Waals surface area contributed by atoms with Gasteiger partial charge in [-0.3, -0.25) is 0 Å². The van der Waals surface area contributed by atoms with Crippen molar-refractivity contribution < 1.29 is 4.74 Å². The lowest BCUT2D eigenvalue weighted by Gasteiger charge is -1.95. The van der Waals surface area contributed by atoms with E-state index in [0.29, 0.717) is 5.88 Å². The molecule has 0 radical (unpaired) electrons. The van der Waals surface area contributed by atoms with E-state index in [0.717, 1.165) is 5.56 Å². The fourth-order valence-electron chi connectivity index (χ4n) is 0.575. The number of aryl methyl sites for hydroxylation is 1. The molecule has 1 aromatic rings. The van der Waals surface area contributed by atoms with Crippen molar-refractivity contribution in [3.05, 3.63) is 23.9 Å². The molecule has 0 aliphatic carbocycles. The van der Waals surface area contributed by atoms with Crippen LogP contribution in [0.2, 0.25) is 0 Å². The topological polar surface area (TPSA) is 22.1 Å². The van der Waals surface area contributed by atoms with E-state index < -0.39 is 0 Å². The van der Waals surface area contributed by atoms with Gasteiger partial charge in [-0.15, -0.1) is 0 Å². The summed E-state index contributed by atoms with van der Waals surface area (Å²) in [6.07, 6.45) is 1.78. The van der Waals surface area contributed by atoms with Gasteiger partial charge in [-0.2, -0.15) is 0 Å². The Bertz CT molecular complexity index is 182. The van der Waals surface area contributed by atoms with Crippen LogP contribution in [0.4, 0.5) is 0 Å². The number of nitrogens with zero attached hydrogens (tertiary/aromatic N) is 1. The maximum Gasteiger partial charge on any atom is 0.212 e. The predicted molar refractivity (Wildman–Crippen MR) is 58.2 cm³/mol. The second kappa shape index (κ2) is 11.0. The van der Waals surface area contributed by atoms with Gasteiger partial charge in [-0.1, -0.05) is 33.8 Å². The molecule has 0 bridgehead atoms. The van der Waals surface area contributed by atoms with E-state index in [2.05, 4.69) is 4.98 Å². The average Bonchev–Trinajstić information content (AvgIpc) is 2.25. The van der Waals surface area contributed by atoms with Crippen LogP contribution in [-0.4, -0.2) is 12.1 Å². The lowest BCUT2D eigenvalue weighted by atomic mass is 10.3. The van der Waals surface area contributed by atoms with Crippen LogP contribution in [-0.2, 0) is 0 Å². The lowest BCUT2D eigenvalue weighted by Crippen LogP contribution is -1.85. The molecule has 0 aliphatic heterocycles. The van der Waals surface area contributed by atoms with E-state index in [1.54, 1.807) is 13.3 Å². The maximum atomic E-state index is 4.86. The second-order valence-electron chi connectivity index (χ2n) is 1.88. The molecular formula is C11H21NO. The van der Waals surface area contributed by atoms with Crippen LogP contribution in [0.5, 0.6) is 5.88 Å². The van der Waals surface area contributed by atoms with E-state index in [1.807, 2.05) is 46.8 Å². The van der Waals surface area contributed by atoms with Crippen LogP contribution < -0.4 is 4.74 Å². The molecule has 1 heterocycles. The first-order valence-corrected chi connectivity index (χ1v) is 4.79. The minimum Gasteiger partial charge on any atom is -0.481 e. The van der Waals surface area contributed by atoms with Crippen LogP contribution in [0.3, 0.4) is 0 Å².